The highest BCUT2D eigenvalue weighted by Gasteiger charge is 2.26. The van der Waals surface area contributed by atoms with E-state index in [0.717, 1.165) is 5.56 Å². The molecule has 2 aromatic heterocycles. The van der Waals surface area contributed by atoms with Gasteiger partial charge in [0.15, 0.2) is 17.2 Å². The van der Waals surface area contributed by atoms with Crippen LogP contribution >= 0.6 is 0 Å². The Hall–Kier alpha value is -3.09. The third kappa shape index (κ3) is 2.75. The van der Waals surface area contributed by atoms with Gasteiger partial charge in [0, 0.05) is 24.8 Å². The first kappa shape index (κ1) is 16.4. The molecule has 0 saturated heterocycles. The van der Waals surface area contributed by atoms with Gasteiger partial charge in [-0.25, -0.2) is 4.98 Å². The highest BCUT2D eigenvalue weighted by atomic mass is 19.1. The Bertz CT molecular complexity index is 970. The average molecular weight is 355 g/mol. The SMILES string of the molecule is COc1cccc2c1OCCCN(C(=O)c1nc3ccccn3c1F)C2. The van der Waals surface area contributed by atoms with Gasteiger partial charge in [-0.2, -0.15) is 4.39 Å². The van der Waals surface area contributed by atoms with Crippen LogP contribution in [0.1, 0.15) is 22.5 Å². The monoisotopic (exact) mass is 355 g/mol. The van der Waals surface area contributed by atoms with E-state index < -0.39 is 11.9 Å². The van der Waals surface area contributed by atoms with Gasteiger partial charge in [-0.05, 0) is 24.6 Å². The van der Waals surface area contributed by atoms with E-state index in [-0.39, 0.29) is 5.69 Å². The minimum atomic E-state index is -0.644. The molecule has 0 spiro atoms. The molecule has 0 saturated carbocycles. The van der Waals surface area contributed by atoms with Crippen molar-refractivity contribution in [3.05, 3.63) is 59.8 Å². The standard InChI is InChI=1S/C19H18FN3O3/c1-25-14-7-4-6-13-12-22(9-5-11-26-17(13)14)19(24)16-18(20)23-10-3-2-8-15(23)21-16/h2-4,6-8,10H,5,9,11-12H2,1H3. The van der Waals surface area contributed by atoms with E-state index in [1.165, 1.54) is 4.40 Å². The number of benzene rings is 1. The van der Waals surface area contributed by atoms with Crippen molar-refractivity contribution in [2.75, 3.05) is 20.3 Å². The molecule has 134 valence electrons. The van der Waals surface area contributed by atoms with Crippen molar-refractivity contribution >= 4 is 11.6 Å². The summed E-state index contributed by atoms with van der Waals surface area (Å²) in [4.78, 5) is 18.7. The normalized spacial score (nSPS) is 14.3. The molecule has 4 rings (SSSR count). The van der Waals surface area contributed by atoms with E-state index in [4.69, 9.17) is 9.47 Å². The smallest absolute Gasteiger partial charge is 0.277 e. The molecule has 6 nitrogen and oxygen atoms in total. The summed E-state index contributed by atoms with van der Waals surface area (Å²) in [6.45, 7) is 1.21. The van der Waals surface area contributed by atoms with E-state index in [1.807, 2.05) is 18.2 Å². The van der Waals surface area contributed by atoms with Gasteiger partial charge in [0.1, 0.15) is 5.65 Å². The molecule has 0 atom stereocenters. The molecule has 0 bridgehead atoms. The number of hydrogen-bond donors (Lipinski definition) is 0. The second-order valence-corrected chi connectivity index (χ2v) is 6.06. The maximum Gasteiger partial charge on any atom is 0.277 e. The Morgan fingerprint density at radius 3 is 2.96 bits per heavy atom. The third-order valence-electron chi connectivity index (χ3n) is 4.42. The van der Waals surface area contributed by atoms with Gasteiger partial charge < -0.3 is 14.4 Å². The number of nitrogens with zero attached hydrogens (tertiary/aromatic N) is 3. The Labute approximate surface area is 149 Å². The number of methoxy groups -OCH3 is 1. The van der Waals surface area contributed by atoms with E-state index in [0.29, 0.717) is 43.3 Å². The molecule has 0 radical (unpaired) electrons. The molecule has 1 aliphatic heterocycles. The molecule has 0 N–H and O–H groups in total. The van der Waals surface area contributed by atoms with E-state index in [2.05, 4.69) is 4.98 Å². The molecule has 26 heavy (non-hydrogen) atoms. The van der Waals surface area contributed by atoms with Gasteiger partial charge in [0.2, 0.25) is 5.95 Å². The van der Waals surface area contributed by atoms with E-state index >= 15 is 0 Å². The van der Waals surface area contributed by atoms with Crippen molar-refractivity contribution in [1.82, 2.24) is 14.3 Å². The predicted molar refractivity (Wildman–Crippen MR) is 93.0 cm³/mol. The quantitative estimate of drug-likeness (QED) is 0.709. The van der Waals surface area contributed by atoms with Crippen molar-refractivity contribution in [3.8, 4) is 11.5 Å². The van der Waals surface area contributed by atoms with Crippen LogP contribution in [-0.4, -0.2) is 40.5 Å². The fourth-order valence-corrected chi connectivity index (χ4v) is 3.15. The lowest BCUT2D eigenvalue weighted by atomic mass is 10.1. The fourth-order valence-electron chi connectivity index (χ4n) is 3.15. The van der Waals surface area contributed by atoms with Crippen molar-refractivity contribution in [3.63, 3.8) is 0 Å². The van der Waals surface area contributed by atoms with Crippen LogP contribution in [0.25, 0.3) is 5.65 Å². The molecule has 0 fully saturated rings. The van der Waals surface area contributed by atoms with Crippen molar-refractivity contribution < 1.29 is 18.7 Å². The van der Waals surface area contributed by atoms with E-state index in [1.54, 1.807) is 36.4 Å². The molecule has 7 heteroatoms. The lowest BCUT2D eigenvalue weighted by molar-refractivity contribution is 0.0710. The molecular formula is C19H18FN3O3. The van der Waals surface area contributed by atoms with Gasteiger partial charge in [0.05, 0.1) is 13.7 Å². The number of carbonyl (C=O) groups excluding carboxylic acids is 1. The summed E-state index contributed by atoms with van der Waals surface area (Å²) >= 11 is 0. The molecule has 1 aliphatic rings. The molecule has 1 amide bonds. The summed E-state index contributed by atoms with van der Waals surface area (Å²) in [5.74, 6) is 0.176. The van der Waals surface area contributed by atoms with Crippen molar-refractivity contribution in [1.29, 1.82) is 0 Å². The zero-order chi connectivity index (χ0) is 18.1. The third-order valence-corrected chi connectivity index (χ3v) is 4.42. The largest absolute Gasteiger partial charge is 0.493 e. The van der Waals surface area contributed by atoms with Crippen molar-refractivity contribution in [2.24, 2.45) is 0 Å². The summed E-state index contributed by atoms with van der Waals surface area (Å²) in [6, 6.07) is 10.7. The highest BCUT2D eigenvalue weighted by Crippen LogP contribution is 2.33. The lowest BCUT2D eigenvalue weighted by Crippen LogP contribution is -2.34. The number of halogens is 1. The molecule has 3 heterocycles. The molecule has 1 aromatic carbocycles. The summed E-state index contributed by atoms with van der Waals surface area (Å²) in [5, 5.41) is 0. The number of amides is 1. The summed E-state index contributed by atoms with van der Waals surface area (Å²) in [5.41, 5.74) is 1.06. The van der Waals surface area contributed by atoms with Gasteiger partial charge >= 0.3 is 0 Å². The maximum atomic E-state index is 14.6. The minimum absolute atomic E-state index is 0.165. The second-order valence-electron chi connectivity index (χ2n) is 6.06. The molecule has 0 unspecified atom stereocenters. The number of para-hydroxylation sites is 1. The Balaban J connectivity index is 1.70. The first-order valence-electron chi connectivity index (χ1n) is 8.39. The van der Waals surface area contributed by atoms with Crippen LogP contribution in [0.5, 0.6) is 11.5 Å². The van der Waals surface area contributed by atoms with Crippen molar-refractivity contribution in [2.45, 2.75) is 13.0 Å². The summed E-state index contributed by atoms with van der Waals surface area (Å²) in [6.07, 6.45) is 2.19. The van der Waals surface area contributed by atoms with Gasteiger partial charge in [-0.15, -0.1) is 0 Å². The fraction of sp³-hybridized carbons (Fsp3) is 0.263. The zero-order valence-corrected chi connectivity index (χ0v) is 14.3. The Morgan fingerprint density at radius 2 is 2.15 bits per heavy atom. The number of imidazole rings is 1. The van der Waals surface area contributed by atoms with Crippen LogP contribution in [-0.2, 0) is 6.54 Å². The number of hydrogen-bond acceptors (Lipinski definition) is 4. The second kappa shape index (κ2) is 6.67. The van der Waals surface area contributed by atoms with Crippen LogP contribution in [0.15, 0.2) is 42.6 Å². The van der Waals surface area contributed by atoms with Crippen LogP contribution in [0.4, 0.5) is 4.39 Å². The number of aromatic nitrogens is 2. The summed E-state index contributed by atoms with van der Waals surface area (Å²) in [7, 11) is 1.58. The number of pyridine rings is 1. The highest BCUT2D eigenvalue weighted by molar-refractivity contribution is 5.93. The summed E-state index contributed by atoms with van der Waals surface area (Å²) < 4.78 is 27.1. The molecule has 3 aromatic rings. The van der Waals surface area contributed by atoms with Crippen LogP contribution in [0, 0.1) is 5.95 Å². The number of fused-ring (bicyclic) bond motifs is 2. The number of ether oxygens (including phenoxy) is 2. The topological polar surface area (TPSA) is 56.1 Å². The van der Waals surface area contributed by atoms with Crippen LogP contribution < -0.4 is 9.47 Å². The van der Waals surface area contributed by atoms with E-state index in [9.17, 15) is 9.18 Å². The lowest BCUT2D eigenvalue weighted by Gasteiger charge is -2.26. The first-order valence-corrected chi connectivity index (χ1v) is 8.39. The zero-order valence-electron chi connectivity index (χ0n) is 14.3. The number of carbonyl (C=O) groups is 1. The van der Waals surface area contributed by atoms with Gasteiger partial charge in [-0.3, -0.25) is 9.20 Å². The maximum absolute atomic E-state index is 14.6. The Kier molecular flexibility index (Phi) is 4.20. The molecular weight excluding hydrogens is 337 g/mol. The molecule has 0 aliphatic carbocycles. The number of rotatable bonds is 2. The van der Waals surface area contributed by atoms with Crippen LogP contribution in [0.3, 0.4) is 0 Å². The minimum Gasteiger partial charge on any atom is -0.493 e. The van der Waals surface area contributed by atoms with Gasteiger partial charge in [-0.1, -0.05) is 18.2 Å². The first-order chi connectivity index (χ1) is 12.7. The average Bonchev–Trinajstić information content (AvgIpc) is 2.98. The van der Waals surface area contributed by atoms with Gasteiger partial charge in [0.25, 0.3) is 5.91 Å². The van der Waals surface area contributed by atoms with Crippen LogP contribution in [0.2, 0.25) is 0 Å². The Morgan fingerprint density at radius 1 is 1.27 bits per heavy atom. The predicted octanol–water partition coefficient (Wildman–Crippen LogP) is 2.91.